The molecule has 122 valence electrons. The zero-order chi connectivity index (χ0) is 16.0. The van der Waals surface area contributed by atoms with Crippen molar-refractivity contribution in [2.75, 3.05) is 13.9 Å². The molecule has 1 heterocycles. The standard InChI is InChI=1S/C14H19NO7/c1-20-6-2-5(3-7-14(6)22-4-21-7)8-9(15)11(17)13(19)12(18)10(8)16/h2-3,8-13,16-19H,4,15H2,1H3/t8-,9-,10-,11+,12+,13+/m1/s1. The molecule has 1 aromatic rings. The molecule has 3 rings (SSSR count). The lowest BCUT2D eigenvalue weighted by Crippen LogP contribution is -2.62. The second-order valence-electron chi connectivity index (χ2n) is 5.52. The summed E-state index contributed by atoms with van der Waals surface area (Å²) in [5.41, 5.74) is 6.46. The first-order chi connectivity index (χ1) is 10.5. The van der Waals surface area contributed by atoms with Crippen molar-refractivity contribution >= 4 is 0 Å². The molecule has 0 amide bonds. The third kappa shape index (κ3) is 2.20. The summed E-state index contributed by atoms with van der Waals surface area (Å²) < 4.78 is 15.8. The van der Waals surface area contributed by atoms with E-state index in [4.69, 9.17) is 19.9 Å². The van der Waals surface area contributed by atoms with Crippen molar-refractivity contribution in [2.24, 2.45) is 5.73 Å². The van der Waals surface area contributed by atoms with Crippen molar-refractivity contribution in [3.8, 4) is 17.2 Å². The van der Waals surface area contributed by atoms with Gasteiger partial charge in [0.2, 0.25) is 12.5 Å². The summed E-state index contributed by atoms with van der Waals surface area (Å²) in [6.07, 6.45) is -5.70. The normalized spacial score (nSPS) is 37.2. The van der Waals surface area contributed by atoms with Crippen molar-refractivity contribution in [3.05, 3.63) is 17.7 Å². The molecule has 0 spiro atoms. The molecule has 1 saturated carbocycles. The first-order valence-corrected chi connectivity index (χ1v) is 6.91. The lowest BCUT2D eigenvalue weighted by atomic mass is 9.74. The fourth-order valence-electron chi connectivity index (χ4n) is 3.05. The van der Waals surface area contributed by atoms with Crippen molar-refractivity contribution in [1.29, 1.82) is 0 Å². The zero-order valence-electron chi connectivity index (χ0n) is 11.9. The lowest BCUT2D eigenvalue weighted by Gasteiger charge is -2.43. The molecule has 8 nitrogen and oxygen atoms in total. The van der Waals surface area contributed by atoms with Crippen LogP contribution in [0.15, 0.2) is 12.1 Å². The fraction of sp³-hybridized carbons (Fsp3) is 0.571. The molecule has 0 aromatic heterocycles. The minimum atomic E-state index is -1.50. The van der Waals surface area contributed by atoms with Crippen molar-refractivity contribution in [3.63, 3.8) is 0 Å². The van der Waals surface area contributed by atoms with Gasteiger partial charge in [0.15, 0.2) is 11.5 Å². The van der Waals surface area contributed by atoms with Crippen LogP contribution in [0.2, 0.25) is 0 Å². The summed E-state index contributed by atoms with van der Waals surface area (Å²) >= 11 is 0. The molecule has 6 N–H and O–H groups in total. The highest BCUT2D eigenvalue weighted by Gasteiger charge is 2.48. The Bertz CT molecular complexity index is 550. The Morgan fingerprint density at radius 2 is 1.73 bits per heavy atom. The van der Waals surface area contributed by atoms with Gasteiger partial charge in [0, 0.05) is 12.0 Å². The van der Waals surface area contributed by atoms with Gasteiger partial charge in [-0.15, -0.1) is 0 Å². The van der Waals surface area contributed by atoms with Gasteiger partial charge in [0.1, 0.15) is 12.2 Å². The Balaban J connectivity index is 2.02. The van der Waals surface area contributed by atoms with Crippen molar-refractivity contribution in [2.45, 2.75) is 36.4 Å². The Kier molecular flexibility index (Phi) is 3.87. The SMILES string of the molecule is COc1cc([C@@H]2[C@@H](N)[C@H](O)[C@H](O)[C@@H](O)[C@@H]2O)cc2c1OCO2. The molecule has 2 aliphatic rings. The number of rotatable bonds is 2. The topological polar surface area (TPSA) is 135 Å². The van der Waals surface area contributed by atoms with Gasteiger partial charge >= 0.3 is 0 Å². The summed E-state index contributed by atoms with van der Waals surface area (Å²) in [7, 11) is 1.46. The van der Waals surface area contributed by atoms with Gasteiger partial charge in [-0.3, -0.25) is 0 Å². The Morgan fingerprint density at radius 1 is 1.05 bits per heavy atom. The zero-order valence-corrected chi connectivity index (χ0v) is 11.9. The van der Waals surface area contributed by atoms with E-state index in [1.54, 1.807) is 12.1 Å². The maximum absolute atomic E-state index is 10.2. The molecule has 8 heteroatoms. The van der Waals surface area contributed by atoms with Crippen LogP contribution < -0.4 is 19.9 Å². The van der Waals surface area contributed by atoms with E-state index in [9.17, 15) is 20.4 Å². The summed E-state index contributed by atoms with van der Waals surface area (Å²) in [4.78, 5) is 0. The first kappa shape index (κ1) is 15.3. The highest BCUT2D eigenvalue weighted by Crippen LogP contribution is 2.45. The summed E-state index contributed by atoms with van der Waals surface area (Å²) in [6.45, 7) is 0.0540. The van der Waals surface area contributed by atoms with Gasteiger partial charge in [-0.25, -0.2) is 0 Å². The minimum Gasteiger partial charge on any atom is -0.493 e. The average molecular weight is 313 g/mol. The van der Waals surface area contributed by atoms with Crippen LogP contribution in [0.25, 0.3) is 0 Å². The molecule has 0 saturated heterocycles. The molecule has 0 bridgehead atoms. The van der Waals surface area contributed by atoms with Gasteiger partial charge < -0.3 is 40.4 Å². The van der Waals surface area contributed by atoms with Crippen molar-refractivity contribution < 1.29 is 34.6 Å². The number of benzene rings is 1. The Labute approximate surface area is 126 Å². The maximum Gasteiger partial charge on any atom is 0.231 e. The van der Waals surface area contributed by atoms with E-state index in [-0.39, 0.29) is 6.79 Å². The van der Waals surface area contributed by atoms with Gasteiger partial charge in [-0.1, -0.05) is 0 Å². The molecule has 1 aromatic carbocycles. The molecule has 1 aliphatic heterocycles. The van der Waals surface area contributed by atoms with Gasteiger partial charge in [0.25, 0.3) is 0 Å². The minimum absolute atomic E-state index is 0.0540. The van der Waals surface area contributed by atoms with Crippen LogP contribution in [-0.2, 0) is 0 Å². The molecule has 22 heavy (non-hydrogen) atoms. The number of nitrogens with two attached hydrogens (primary N) is 1. The predicted molar refractivity (Wildman–Crippen MR) is 73.9 cm³/mol. The molecule has 1 aliphatic carbocycles. The van der Waals surface area contributed by atoms with E-state index in [1.807, 2.05) is 0 Å². The molecule has 6 atom stereocenters. The Hall–Kier alpha value is -1.58. The van der Waals surface area contributed by atoms with Gasteiger partial charge in [-0.2, -0.15) is 0 Å². The Morgan fingerprint density at radius 3 is 2.41 bits per heavy atom. The number of ether oxygens (including phenoxy) is 3. The van der Waals surface area contributed by atoms with Gasteiger partial charge in [0.05, 0.1) is 19.3 Å². The molecular formula is C14H19NO7. The number of hydrogen-bond acceptors (Lipinski definition) is 8. The summed E-state index contributed by atoms with van der Waals surface area (Å²) in [5, 5.41) is 39.8. The summed E-state index contributed by atoms with van der Waals surface area (Å²) in [6, 6.07) is 2.27. The van der Waals surface area contributed by atoms with Crippen LogP contribution in [-0.4, -0.2) is 64.8 Å². The number of hydrogen-bond donors (Lipinski definition) is 5. The third-order valence-corrected chi connectivity index (χ3v) is 4.29. The highest BCUT2D eigenvalue weighted by atomic mass is 16.7. The van der Waals surface area contributed by atoms with Crippen LogP contribution in [0.1, 0.15) is 11.5 Å². The van der Waals surface area contributed by atoms with Crippen molar-refractivity contribution in [1.82, 2.24) is 0 Å². The lowest BCUT2D eigenvalue weighted by molar-refractivity contribution is -0.151. The van der Waals surface area contributed by atoms with Crippen LogP contribution in [0, 0.1) is 0 Å². The molecule has 1 fully saturated rings. The number of fused-ring (bicyclic) bond motifs is 1. The smallest absolute Gasteiger partial charge is 0.231 e. The van der Waals surface area contributed by atoms with E-state index in [1.165, 1.54) is 7.11 Å². The van der Waals surface area contributed by atoms with E-state index in [0.717, 1.165) is 0 Å². The second-order valence-corrected chi connectivity index (χ2v) is 5.52. The number of aliphatic hydroxyl groups is 4. The molecule has 0 radical (unpaired) electrons. The average Bonchev–Trinajstić information content (AvgIpc) is 2.99. The second kappa shape index (κ2) is 5.56. The number of methoxy groups -OCH3 is 1. The van der Waals surface area contributed by atoms with E-state index >= 15 is 0 Å². The molecular weight excluding hydrogens is 294 g/mol. The van der Waals surface area contributed by atoms with Gasteiger partial charge in [-0.05, 0) is 17.7 Å². The van der Waals surface area contributed by atoms with E-state index in [0.29, 0.717) is 22.8 Å². The van der Waals surface area contributed by atoms with E-state index in [2.05, 4.69) is 0 Å². The highest BCUT2D eigenvalue weighted by molar-refractivity contribution is 5.56. The monoisotopic (exact) mass is 313 g/mol. The largest absolute Gasteiger partial charge is 0.493 e. The first-order valence-electron chi connectivity index (χ1n) is 6.91. The fourth-order valence-corrected chi connectivity index (χ4v) is 3.05. The maximum atomic E-state index is 10.2. The predicted octanol–water partition coefficient (Wildman–Crippen LogP) is -1.71. The quantitative estimate of drug-likeness (QED) is 0.436. The van der Waals surface area contributed by atoms with Crippen LogP contribution in [0.5, 0.6) is 17.2 Å². The number of aliphatic hydroxyl groups excluding tert-OH is 4. The van der Waals surface area contributed by atoms with Crippen LogP contribution >= 0.6 is 0 Å². The third-order valence-electron chi connectivity index (χ3n) is 4.29. The van der Waals surface area contributed by atoms with E-state index < -0.39 is 36.4 Å². The molecule has 0 unspecified atom stereocenters. The summed E-state index contributed by atoms with van der Waals surface area (Å²) in [5.74, 6) is 0.492. The van der Waals surface area contributed by atoms with Crippen LogP contribution in [0.3, 0.4) is 0 Å². The van der Waals surface area contributed by atoms with Crippen LogP contribution in [0.4, 0.5) is 0 Å².